The molecule has 5 heteroatoms. The zero-order valence-corrected chi connectivity index (χ0v) is 10.1. The minimum atomic E-state index is -0.970. The van der Waals surface area contributed by atoms with Gasteiger partial charge in [-0.3, -0.25) is 9.69 Å². The molecule has 0 aromatic rings. The molecule has 1 heterocycles. The Bertz CT molecular complexity index is 270. The summed E-state index contributed by atoms with van der Waals surface area (Å²) in [6.07, 6.45) is 3.24. The SMILES string of the molecule is CCCCC1(S)NC(=O)N(CCC)C1=O. The molecule has 0 aromatic carbocycles. The summed E-state index contributed by atoms with van der Waals surface area (Å²) in [5.41, 5.74) is 0. The highest BCUT2D eigenvalue weighted by atomic mass is 32.1. The van der Waals surface area contributed by atoms with Gasteiger partial charge < -0.3 is 5.32 Å². The number of hydrogen-bond acceptors (Lipinski definition) is 3. The van der Waals surface area contributed by atoms with Gasteiger partial charge in [-0.25, -0.2) is 4.79 Å². The Kier molecular flexibility index (Phi) is 4.02. The van der Waals surface area contributed by atoms with Crippen molar-refractivity contribution in [3.05, 3.63) is 0 Å². The Morgan fingerprint density at radius 3 is 2.53 bits per heavy atom. The van der Waals surface area contributed by atoms with Crippen molar-refractivity contribution in [1.82, 2.24) is 10.2 Å². The van der Waals surface area contributed by atoms with Crippen LogP contribution in [-0.2, 0) is 4.79 Å². The van der Waals surface area contributed by atoms with Gasteiger partial charge in [0.2, 0.25) is 0 Å². The third-order valence-electron chi connectivity index (χ3n) is 2.50. The molecule has 1 fully saturated rings. The zero-order chi connectivity index (χ0) is 11.5. The van der Waals surface area contributed by atoms with Crippen molar-refractivity contribution in [3.63, 3.8) is 0 Å². The Morgan fingerprint density at radius 1 is 1.33 bits per heavy atom. The quantitative estimate of drug-likeness (QED) is 0.558. The summed E-state index contributed by atoms with van der Waals surface area (Å²) >= 11 is 4.30. The van der Waals surface area contributed by atoms with Gasteiger partial charge in [0.05, 0.1) is 0 Å². The first-order valence-corrected chi connectivity index (χ1v) is 5.86. The summed E-state index contributed by atoms with van der Waals surface area (Å²) in [5.74, 6) is -0.203. The molecule has 0 aliphatic carbocycles. The molecule has 3 amide bonds. The van der Waals surface area contributed by atoms with E-state index in [-0.39, 0.29) is 11.9 Å². The second-order valence-electron chi connectivity index (χ2n) is 3.85. The molecule has 1 saturated heterocycles. The van der Waals surface area contributed by atoms with Crippen molar-refractivity contribution >= 4 is 24.6 Å². The van der Waals surface area contributed by atoms with Crippen LogP contribution in [-0.4, -0.2) is 28.3 Å². The molecule has 0 bridgehead atoms. The molecule has 1 aliphatic rings. The Hall–Kier alpha value is -0.710. The topological polar surface area (TPSA) is 49.4 Å². The molecule has 1 N–H and O–H groups in total. The van der Waals surface area contributed by atoms with E-state index in [1.807, 2.05) is 13.8 Å². The lowest BCUT2D eigenvalue weighted by atomic mass is 10.1. The summed E-state index contributed by atoms with van der Waals surface area (Å²) in [6, 6.07) is -0.312. The average Bonchev–Trinajstić information content (AvgIpc) is 2.40. The summed E-state index contributed by atoms with van der Waals surface area (Å²) in [7, 11) is 0. The van der Waals surface area contributed by atoms with E-state index in [0.29, 0.717) is 13.0 Å². The minimum absolute atomic E-state index is 0.203. The standard InChI is InChI=1S/C10H18N2O2S/c1-3-5-6-10(15)8(13)12(7-4-2)9(14)11-10/h15H,3-7H2,1-2H3,(H,11,14). The van der Waals surface area contributed by atoms with Crippen molar-refractivity contribution in [2.75, 3.05) is 6.54 Å². The van der Waals surface area contributed by atoms with Crippen LogP contribution in [0.1, 0.15) is 39.5 Å². The number of nitrogens with one attached hydrogen (secondary N) is 1. The zero-order valence-electron chi connectivity index (χ0n) is 9.25. The number of thiol groups is 1. The van der Waals surface area contributed by atoms with Gasteiger partial charge >= 0.3 is 6.03 Å². The van der Waals surface area contributed by atoms with E-state index in [4.69, 9.17) is 0 Å². The molecule has 0 saturated carbocycles. The van der Waals surface area contributed by atoms with Gasteiger partial charge in [0.25, 0.3) is 5.91 Å². The lowest BCUT2D eigenvalue weighted by molar-refractivity contribution is -0.128. The van der Waals surface area contributed by atoms with Crippen LogP contribution >= 0.6 is 12.6 Å². The van der Waals surface area contributed by atoms with Crippen LogP contribution in [0.15, 0.2) is 0 Å². The molecular weight excluding hydrogens is 212 g/mol. The number of nitrogens with zero attached hydrogens (tertiary/aromatic N) is 1. The molecule has 1 aliphatic heterocycles. The van der Waals surface area contributed by atoms with Crippen LogP contribution in [0, 0.1) is 0 Å². The number of unbranched alkanes of at least 4 members (excludes halogenated alkanes) is 1. The molecule has 4 nitrogen and oxygen atoms in total. The Morgan fingerprint density at radius 2 is 2.00 bits per heavy atom. The number of carbonyl (C=O) groups is 2. The van der Waals surface area contributed by atoms with Crippen LogP contribution < -0.4 is 5.32 Å². The number of rotatable bonds is 5. The lowest BCUT2D eigenvalue weighted by Gasteiger charge is -2.19. The van der Waals surface area contributed by atoms with Crippen LogP contribution in [0.25, 0.3) is 0 Å². The van der Waals surface area contributed by atoms with Gasteiger partial charge in [0, 0.05) is 6.54 Å². The molecule has 0 aromatic heterocycles. The van der Waals surface area contributed by atoms with E-state index < -0.39 is 4.87 Å². The average molecular weight is 230 g/mol. The maximum atomic E-state index is 11.9. The predicted octanol–water partition coefficient (Wildman–Crippen LogP) is 1.76. The molecule has 0 radical (unpaired) electrons. The van der Waals surface area contributed by atoms with Gasteiger partial charge in [-0.15, -0.1) is 12.6 Å². The van der Waals surface area contributed by atoms with Crippen LogP contribution in [0.3, 0.4) is 0 Å². The van der Waals surface area contributed by atoms with Crippen LogP contribution in [0.2, 0.25) is 0 Å². The van der Waals surface area contributed by atoms with E-state index in [0.717, 1.165) is 19.3 Å². The Balaban J connectivity index is 2.70. The summed E-state index contributed by atoms with van der Waals surface area (Å²) in [4.78, 5) is 23.7. The van der Waals surface area contributed by atoms with Gasteiger partial charge in [-0.1, -0.05) is 20.3 Å². The monoisotopic (exact) mass is 230 g/mol. The number of urea groups is 1. The first-order chi connectivity index (χ1) is 7.05. The number of amides is 3. The maximum absolute atomic E-state index is 11.9. The fourth-order valence-corrected chi connectivity index (χ4v) is 2.02. The minimum Gasteiger partial charge on any atom is -0.315 e. The van der Waals surface area contributed by atoms with Crippen molar-refractivity contribution in [3.8, 4) is 0 Å². The fourth-order valence-electron chi connectivity index (χ4n) is 1.64. The summed E-state index contributed by atoms with van der Waals surface area (Å²) in [6.45, 7) is 4.45. The number of imide groups is 1. The number of hydrogen-bond donors (Lipinski definition) is 2. The second kappa shape index (κ2) is 4.88. The molecular formula is C10H18N2O2S. The fraction of sp³-hybridized carbons (Fsp3) is 0.800. The highest BCUT2D eigenvalue weighted by Crippen LogP contribution is 2.27. The highest BCUT2D eigenvalue weighted by molar-refractivity contribution is 7.82. The predicted molar refractivity (Wildman–Crippen MR) is 61.8 cm³/mol. The maximum Gasteiger partial charge on any atom is 0.325 e. The van der Waals surface area contributed by atoms with Crippen molar-refractivity contribution in [2.24, 2.45) is 0 Å². The highest BCUT2D eigenvalue weighted by Gasteiger charge is 2.47. The van der Waals surface area contributed by atoms with Gasteiger partial charge in [0.1, 0.15) is 0 Å². The first-order valence-electron chi connectivity index (χ1n) is 5.41. The molecule has 1 atom stereocenters. The lowest BCUT2D eigenvalue weighted by Crippen LogP contribution is -2.41. The molecule has 1 rings (SSSR count). The summed E-state index contributed by atoms with van der Waals surface area (Å²) < 4.78 is 0. The van der Waals surface area contributed by atoms with E-state index in [1.165, 1.54) is 4.90 Å². The molecule has 15 heavy (non-hydrogen) atoms. The van der Waals surface area contributed by atoms with Gasteiger partial charge in [-0.2, -0.15) is 0 Å². The van der Waals surface area contributed by atoms with Crippen LogP contribution in [0.5, 0.6) is 0 Å². The third-order valence-corrected chi connectivity index (χ3v) is 3.02. The normalized spacial score (nSPS) is 25.9. The summed E-state index contributed by atoms with van der Waals surface area (Å²) in [5, 5.41) is 2.65. The van der Waals surface area contributed by atoms with Crippen molar-refractivity contribution in [1.29, 1.82) is 0 Å². The van der Waals surface area contributed by atoms with Gasteiger partial charge in [0.15, 0.2) is 4.87 Å². The van der Waals surface area contributed by atoms with E-state index >= 15 is 0 Å². The van der Waals surface area contributed by atoms with Gasteiger partial charge in [-0.05, 0) is 19.3 Å². The van der Waals surface area contributed by atoms with Crippen LogP contribution in [0.4, 0.5) is 4.79 Å². The second-order valence-corrected chi connectivity index (χ2v) is 4.61. The number of carbonyl (C=O) groups excluding carboxylic acids is 2. The Labute approximate surface area is 95.8 Å². The van der Waals surface area contributed by atoms with E-state index in [2.05, 4.69) is 17.9 Å². The molecule has 86 valence electrons. The molecule has 1 unspecified atom stereocenters. The largest absolute Gasteiger partial charge is 0.325 e. The molecule has 0 spiro atoms. The van der Waals surface area contributed by atoms with E-state index in [1.54, 1.807) is 0 Å². The smallest absolute Gasteiger partial charge is 0.315 e. The first kappa shape index (κ1) is 12.4. The third kappa shape index (κ3) is 2.45. The van der Waals surface area contributed by atoms with E-state index in [9.17, 15) is 9.59 Å². The van der Waals surface area contributed by atoms with Crippen molar-refractivity contribution < 1.29 is 9.59 Å². The van der Waals surface area contributed by atoms with Crippen molar-refractivity contribution in [2.45, 2.75) is 44.4 Å².